The molecule has 0 amide bonds. The molecule has 0 saturated heterocycles. The second-order valence-electron chi connectivity index (χ2n) is 3.74. The Morgan fingerprint density at radius 1 is 1.50 bits per heavy atom. The van der Waals surface area contributed by atoms with Crippen LogP contribution < -0.4 is 5.73 Å². The maximum Gasteiger partial charge on any atom is 0.257 e. The van der Waals surface area contributed by atoms with Gasteiger partial charge >= 0.3 is 0 Å². The van der Waals surface area contributed by atoms with Gasteiger partial charge in [0.25, 0.3) is 5.71 Å². The summed E-state index contributed by atoms with van der Waals surface area (Å²) in [5.74, 6) is 0.589. The van der Waals surface area contributed by atoms with Gasteiger partial charge < -0.3 is 10.3 Å². The number of hydrogen-bond acceptors (Lipinski definition) is 4. The Morgan fingerprint density at radius 2 is 2.36 bits per heavy atom. The summed E-state index contributed by atoms with van der Waals surface area (Å²) < 4.78 is 5.15. The van der Waals surface area contributed by atoms with Gasteiger partial charge in [0.1, 0.15) is 0 Å². The molecule has 1 fully saturated rings. The van der Waals surface area contributed by atoms with Crippen LogP contribution >= 0.6 is 0 Å². The summed E-state index contributed by atoms with van der Waals surface area (Å²) in [5, 5.41) is 5.09. The fourth-order valence-electron chi connectivity index (χ4n) is 1.66. The third-order valence-corrected chi connectivity index (χ3v) is 2.61. The van der Waals surface area contributed by atoms with Crippen molar-refractivity contribution in [2.24, 2.45) is 5.73 Å². The molecule has 0 spiro atoms. The van der Waals surface area contributed by atoms with Crippen LogP contribution in [0.4, 0.5) is 0 Å². The van der Waals surface area contributed by atoms with Gasteiger partial charge in [0.15, 0.2) is 0 Å². The quantitative estimate of drug-likeness (QED) is 0.778. The topological polar surface area (TPSA) is 64.9 Å². The third-order valence-electron chi connectivity index (χ3n) is 2.61. The van der Waals surface area contributed by atoms with Gasteiger partial charge in [-0.05, 0) is 24.5 Å². The van der Waals surface area contributed by atoms with E-state index in [0.29, 0.717) is 18.2 Å². The van der Waals surface area contributed by atoms with E-state index < -0.39 is 0 Å². The summed E-state index contributed by atoms with van der Waals surface area (Å²) in [5.41, 5.74) is 8.28. The smallest absolute Gasteiger partial charge is 0.257 e. The van der Waals surface area contributed by atoms with E-state index in [2.05, 4.69) is 10.1 Å². The van der Waals surface area contributed by atoms with Crippen LogP contribution in [0.1, 0.15) is 30.0 Å². The molecule has 14 heavy (non-hydrogen) atoms. The predicted octanol–water partition coefficient (Wildman–Crippen LogP) is 1.56. The van der Waals surface area contributed by atoms with E-state index in [1.807, 2.05) is 6.07 Å². The minimum absolute atomic E-state index is 0.512. The third kappa shape index (κ3) is 1.11. The molecule has 2 aromatic heterocycles. The molecule has 0 atom stereocenters. The van der Waals surface area contributed by atoms with Crippen LogP contribution in [0, 0.1) is 0 Å². The fraction of sp³-hybridized carbons (Fsp3) is 0.400. The van der Waals surface area contributed by atoms with Crippen molar-refractivity contribution in [2.45, 2.75) is 25.3 Å². The lowest BCUT2D eigenvalue weighted by molar-refractivity contribution is 0.439. The predicted molar refractivity (Wildman–Crippen MR) is 51.7 cm³/mol. The van der Waals surface area contributed by atoms with Gasteiger partial charge in [0.05, 0.1) is 11.1 Å². The average molecular weight is 189 g/mol. The van der Waals surface area contributed by atoms with E-state index >= 15 is 0 Å². The van der Waals surface area contributed by atoms with Crippen molar-refractivity contribution in [1.82, 2.24) is 10.1 Å². The highest BCUT2D eigenvalue weighted by Crippen LogP contribution is 2.42. The van der Waals surface area contributed by atoms with Gasteiger partial charge in [0.2, 0.25) is 0 Å². The lowest BCUT2D eigenvalue weighted by atomic mass is 10.1. The number of rotatable bonds is 2. The Morgan fingerprint density at radius 3 is 3.07 bits per heavy atom. The minimum atomic E-state index is 0.512. The molecule has 72 valence electrons. The first kappa shape index (κ1) is 7.94. The maximum atomic E-state index is 5.56. The van der Waals surface area contributed by atoms with E-state index in [-0.39, 0.29) is 0 Å². The Labute approximate surface area is 81.1 Å². The number of pyridine rings is 1. The molecule has 0 aromatic carbocycles. The van der Waals surface area contributed by atoms with Crippen LogP contribution in [0.15, 0.2) is 16.8 Å². The first-order chi connectivity index (χ1) is 6.88. The number of fused-ring (bicyclic) bond motifs is 1. The molecule has 2 N–H and O–H groups in total. The molecule has 0 aliphatic heterocycles. The normalized spacial score (nSPS) is 16.4. The molecule has 0 bridgehead atoms. The monoisotopic (exact) mass is 189 g/mol. The first-order valence-electron chi connectivity index (χ1n) is 4.83. The molecule has 3 rings (SSSR count). The van der Waals surface area contributed by atoms with Gasteiger partial charge in [0, 0.05) is 18.7 Å². The average Bonchev–Trinajstić information content (AvgIpc) is 2.98. The van der Waals surface area contributed by atoms with Gasteiger partial charge in [-0.1, -0.05) is 5.16 Å². The molecule has 0 radical (unpaired) electrons. The van der Waals surface area contributed by atoms with Gasteiger partial charge in [-0.25, -0.2) is 4.98 Å². The largest absolute Gasteiger partial charge is 0.336 e. The number of nitrogens with zero attached hydrogens (tertiary/aromatic N) is 2. The van der Waals surface area contributed by atoms with Gasteiger partial charge in [-0.3, -0.25) is 0 Å². The molecule has 1 aliphatic carbocycles. The molecule has 4 nitrogen and oxygen atoms in total. The highest BCUT2D eigenvalue weighted by molar-refractivity contribution is 5.77. The zero-order chi connectivity index (χ0) is 9.54. The standard InChI is InChI=1S/C10H11N3O/c11-4-6-3-8-9(7-1-2-7)13-14-10(8)12-5-6/h3,5,7H,1-2,4,11H2. The van der Waals surface area contributed by atoms with Gasteiger partial charge in [-0.2, -0.15) is 0 Å². The molecule has 2 aromatic rings. The molecular formula is C10H11N3O. The Bertz CT molecular complexity index is 473. The SMILES string of the molecule is NCc1cnc2onc(C3CC3)c2c1. The zero-order valence-corrected chi connectivity index (χ0v) is 7.73. The minimum Gasteiger partial charge on any atom is -0.336 e. The Balaban J connectivity index is 2.20. The highest BCUT2D eigenvalue weighted by atomic mass is 16.5. The first-order valence-corrected chi connectivity index (χ1v) is 4.83. The van der Waals surface area contributed by atoms with Crippen molar-refractivity contribution in [3.8, 4) is 0 Å². The zero-order valence-electron chi connectivity index (χ0n) is 7.73. The summed E-state index contributed by atoms with van der Waals surface area (Å²) in [6, 6.07) is 2.03. The fourth-order valence-corrected chi connectivity index (χ4v) is 1.66. The van der Waals surface area contributed by atoms with Crippen molar-refractivity contribution >= 4 is 11.1 Å². The number of aromatic nitrogens is 2. The second kappa shape index (κ2) is 2.78. The highest BCUT2D eigenvalue weighted by Gasteiger charge is 2.29. The summed E-state index contributed by atoms with van der Waals surface area (Å²) in [7, 11) is 0. The van der Waals surface area contributed by atoms with Gasteiger partial charge in [-0.15, -0.1) is 0 Å². The lowest BCUT2D eigenvalue weighted by Gasteiger charge is -1.95. The van der Waals surface area contributed by atoms with Crippen LogP contribution in [-0.2, 0) is 6.54 Å². The van der Waals surface area contributed by atoms with Crippen LogP contribution in [0.2, 0.25) is 0 Å². The summed E-state index contributed by atoms with van der Waals surface area (Å²) >= 11 is 0. The molecule has 2 heterocycles. The van der Waals surface area contributed by atoms with E-state index in [0.717, 1.165) is 16.6 Å². The van der Waals surface area contributed by atoms with E-state index in [4.69, 9.17) is 10.3 Å². The van der Waals surface area contributed by atoms with E-state index in [1.54, 1.807) is 6.20 Å². The molecule has 1 saturated carbocycles. The van der Waals surface area contributed by atoms with Crippen molar-refractivity contribution in [2.75, 3.05) is 0 Å². The molecule has 1 aliphatic rings. The second-order valence-corrected chi connectivity index (χ2v) is 3.74. The van der Waals surface area contributed by atoms with Crippen molar-refractivity contribution in [3.05, 3.63) is 23.5 Å². The number of nitrogens with two attached hydrogens (primary N) is 1. The number of hydrogen-bond donors (Lipinski definition) is 1. The lowest BCUT2D eigenvalue weighted by Crippen LogP contribution is -1.96. The molecule has 0 unspecified atom stereocenters. The molecular weight excluding hydrogens is 178 g/mol. The molecule has 4 heteroatoms. The van der Waals surface area contributed by atoms with Crippen molar-refractivity contribution < 1.29 is 4.52 Å². The Kier molecular flexibility index (Phi) is 1.58. The van der Waals surface area contributed by atoms with Crippen LogP contribution in [0.3, 0.4) is 0 Å². The Hall–Kier alpha value is -1.42. The summed E-state index contributed by atoms with van der Waals surface area (Å²) in [6.07, 6.45) is 4.17. The maximum absolute atomic E-state index is 5.56. The van der Waals surface area contributed by atoms with Crippen molar-refractivity contribution in [3.63, 3.8) is 0 Å². The van der Waals surface area contributed by atoms with Crippen LogP contribution in [0.5, 0.6) is 0 Å². The van der Waals surface area contributed by atoms with Crippen LogP contribution in [-0.4, -0.2) is 10.1 Å². The van der Waals surface area contributed by atoms with E-state index in [9.17, 15) is 0 Å². The summed E-state index contributed by atoms with van der Waals surface area (Å²) in [4.78, 5) is 4.17. The van der Waals surface area contributed by atoms with Crippen molar-refractivity contribution in [1.29, 1.82) is 0 Å². The van der Waals surface area contributed by atoms with E-state index in [1.165, 1.54) is 12.8 Å². The summed E-state index contributed by atoms with van der Waals surface area (Å²) in [6.45, 7) is 0.512. The van der Waals surface area contributed by atoms with Crippen LogP contribution in [0.25, 0.3) is 11.1 Å².